The maximum absolute atomic E-state index is 13.5. The van der Waals surface area contributed by atoms with Gasteiger partial charge in [0.15, 0.2) is 0 Å². The molecular formula is C18H25F2N3O2. The van der Waals surface area contributed by atoms with Crippen LogP contribution in [0.4, 0.5) is 8.78 Å². The van der Waals surface area contributed by atoms with Crippen molar-refractivity contribution in [2.75, 3.05) is 39.3 Å². The number of amides is 2. The van der Waals surface area contributed by atoms with E-state index < -0.39 is 17.5 Å². The minimum Gasteiger partial charge on any atom is -0.352 e. The number of rotatable bonds is 7. The van der Waals surface area contributed by atoms with E-state index in [9.17, 15) is 18.4 Å². The van der Waals surface area contributed by atoms with Gasteiger partial charge in [-0.15, -0.1) is 0 Å². The predicted octanol–water partition coefficient (Wildman–Crippen LogP) is 2.03. The second-order valence-corrected chi connectivity index (χ2v) is 6.21. The highest BCUT2D eigenvalue weighted by Crippen LogP contribution is 2.09. The van der Waals surface area contributed by atoms with Crippen LogP contribution in [0.1, 0.15) is 36.5 Å². The molecule has 0 spiro atoms. The number of halogens is 2. The summed E-state index contributed by atoms with van der Waals surface area (Å²) in [4.78, 5) is 28.2. The van der Waals surface area contributed by atoms with Crippen LogP contribution in [-0.2, 0) is 4.79 Å². The van der Waals surface area contributed by atoms with Gasteiger partial charge in [0.05, 0.1) is 5.56 Å². The zero-order valence-corrected chi connectivity index (χ0v) is 14.6. The minimum absolute atomic E-state index is 0.0818. The molecular weight excluding hydrogens is 328 g/mol. The molecule has 0 aliphatic carbocycles. The zero-order valence-electron chi connectivity index (χ0n) is 14.6. The van der Waals surface area contributed by atoms with E-state index in [1.54, 1.807) is 0 Å². The molecule has 1 aliphatic rings. The fraction of sp³-hybridized carbons (Fsp3) is 0.556. The average Bonchev–Trinajstić information content (AvgIpc) is 2.59. The Balaban J connectivity index is 1.67. The quantitative estimate of drug-likeness (QED) is 0.763. The Labute approximate surface area is 147 Å². The molecule has 7 heteroatoms. The molecule has 0 atom stereocenters. The summed E-state index contributed by atoms with van der Waals surface area (Å²) in [6, 6.07) is 2.83. The van der Waals surface area contributed by atoms with Crippen molar-refractivity contribution in [3.63, 3.8) is 0 Å². The standard InChI is InChI=1S/C18H25F2N3O2/c1-2-8-22-9-11-23(12-10-22)17(24)4-3-7-21-18(25)15-6-5-14(19)13-16(15)20/h5-6,13H,2-4,7-12H2,1H3,(H,21,25). The largest absolute Gasteiger partial charge is 0.352 e. The van der Waals surface area contributed by atoms with Gasteiger partial charge in [-0.3, -0.25) is 14.5 Å². The number of piperazine rings is 1. The van der Waals surface area contributed by atoms with Crippen molar-refractivity contribution >= 4 is 11.8 Å². The molecule has 0 unspecified atom stereocenters. The molecule has 1 aromatic rings. The van der Waals surface area contributed by atoms with Crippen LogP contribution in [0.5, 0.6) is 0 Å². The fourth-order valence-corrected chi connectivity index (χ4v) is 2.91. The van der Waals surface area contributed by atoms with E-state index in [2.05, 4.69) is 17.1 Å². The molecule has 1 N–H and O–H groups in total. The first-order valence-electron chi connectivity index (χ1n) is 8.74. The number of carbonyl (C=O) groups is 2. The topological polar surface area (TPSA) is 52.6 Å². The Kier molecular flexibility index (Phi) is 7.31. The van der Waals surface area contributed by atoms with Crippen molar-refractivity contribution in [2.24, 2.45) is 0 Å². The van der Waals surface area contributed by atoms with Crippen molar-refractivity contribution < 1.29 is 18.4 Å². The molecule has 1 fully saturated rings. The maximum Gasteiger partial charge on any atom is 0.254 e. The van der Waals surface area contributed by atoms with Gasteiger partial charge in [-0.2, -0.15) is 0 Å². The molecule has 0 aromatic heterocycles. The lowest BCUT2D eigenvalue weighted by atomic mass is 10.2. The van der Waals surface area contributed by atoms with Gasteiger partial charge >= 0.3 is 0 Å². The normalized spacial score (nSPS) is 15.2. The molecule has 1 heterocycles. The molecule has 0 bridgehead atoms. The van der Waals surface area contributed by atoms with Gasteiger partial charge < -0.3 is 10.2 Å². The SMILES string of the molecule is CCCN1CCN(C(=O)CCCNC(=O)c2ccc(F)cc2F)CC1. The van der Waals surface area contributed by atoms with Crippen molar-refractivity contribution in [1.82, 2.24) is 15.1 Å². The van der Waals surface area contributed by atoms with E-state index in [4.69, 9.17) is 0 Å². The second-order valence-electron chi connectivity index (χ2n) is 6.21. The summed E-state index contributed by atoms with van der Waals surface area (Å²) in [5.41, 5.74) is -0.195. The van der Waals surface area contributed by atoms with Gasteiger partial charge in [-0.05, 0) is 31.5 Å². The summed E-state index contributed by atoms with van der Waals surface area (Å²) in [6.45, 7) is 6.77. The van der Waals surface area contributed by atoms with E-state index in [0.717, 1.165) is 51.3 Å². The molecule has 2 amide bonds. The van der Waals surface area contributed by atoms with Crippen molar-refractivity contribution in [3.05, 3.63) is 35.4 Å². The van der Waals surface area contributed by atoms with Crippen LogP contribution >= 0.6 is 0 Å². The monoisotopic (exact) mass is 353 g/mol. The summed E-state index contributed by atoms with van der Waals surface area (Å²) in [7, 11) is 0. The Morgan fingerprint density at radius 1 is 1.16 bits per heavy atom. The molecule has 2 rings (SSSR count). The Bertz CT molecular complexity index is 602. The molecule has 1 saturated heterocycles. The first kappa shape index (κ1) is 19.3. The highest BCUT2D eigenvalue weighted by Gasteiger charge is 2.20. The van der Waals surface area contributed by atoms with Crippen LogP contribution < -0.4 is 5.32 Å². The first-order valence-corrected chi connectivity index (χ1v) is 8.74. The van der Waals surface area contributed by atoms with E-state index in [0.29, 0.717) is 18.9 Å². The van der Waals surface area contributed by atoms with Crippen molar-refractivity contribution in [1.29, 1.82) is 0 Å². The molecule has 1 aromatic carbocycles. The molecule has 138 valence electrons. The Hall–Kier alpha value is -2.02. The number of nitrogens with zero attached hydrogens (tertiary/aromatic N) is 2. The van der Waals surface area contributed by atoms with Gasteiger partial charge in [0.25, 0.3) is 5.91 Å². The summed E-state index contributed by atoms with van der Waals surface area (Å²) < 4.78 is 26.3. The number of benzene rings is 1. The zero-order chi connectivity index (χ0) is 18.2. The molecule has 0 radical (unpaired) electrons. The van der Waals surface area contributed by atoms with Crippen LogP contribution in [0.2, 0.25) is 0 Å². The Morgan fingerprint density at radius 2 is 1.88 bits per heavy atom. The summed E-state index contributed by atoms with van der Waals surface area (Å²) in [6.07, 6.45) is 1.95. The minimum atomic E-state index is -0.890. The van der Waals surface area contributed by atoms with Gasteiger partial charge in [0, 0.05) is 45.2 Å². The smallest absolute Gasteiger partial charge is 0.254 e. The fourth-order valence-electron chi connectivity index (χ4n) is 2.91. The first-order chi connectivity index (χ1) is 12.0. The van der Waals surface area contributed by atoms with Gasteiger partial charge in [-0.25, -0.2) is 8.78 Å². The highest BCUT2D eigenvalue weighted by atomic mass is 19.1. The van der Waals surface area contributed by atoms with E-state index in [1.807, 2.05) is 4.90 Å². The Morgan fingerprint density at radius 3 is 2.52 bits per heavy atom. The van der Waals surface area contributed by atoms with Crippen LogP contribution in [0.15, 0.2) is 18.2 Å². The number of carbonyl (C=O) groups excluding carboxylic acids is 2. The van der Waals surface area contributed by atoms with Gasteiger partial charge in [0.2, 0.25) is 5.91 Å². The van der Waals surface area contributed by atoms with Crippen molar-refractivity contribution in [2.45, 2.75) is 26.2 Å². The summed E-state index contributed by atoms with van der Waals surface area (Å²) >= 11 is 0. The third-order valence-electron chi connectivity index (χ3n) is 4.29. The summed E-state index contributed by atoms with van der Waals surface area (Å²) in [5, 5.41) is 2.56. The van der Waals surface area contributed by atoms with Crippen LogP contribution in [0.3, 0.4) is 0 Å². The van der Waals surface area contributed by atoms with Crippen molar-refractivity contribution in [3.8, 4) is 0 Å². The molecule has 5 nitrogen and oxygen atoms in total. The van der Waals surface area contributed by atoms with E-state index >= 15 is 0 Å². The van der Waals surface area contributed by atoms with E-state index in [-0.39, 0.29) is 18.0 Å². The lowest BCUT2D eigenvalue weighted by Crippen LogP contribution is -2.48. The van der Waals surface area contributed by atoms with Gasteiger partial charge in [0.1, 0.15) is 11.6 Å². The molecule has 25 heavy (non-hydrogen) atoms. The van der Waals surface area contributed by atoms with Crippen LogP contribution in [-0.4, -0.2) is 60.9 Å². The third-order valence-corrected chi connectivity index (χ3v) is 4.29. The second kappa shape index (κ2) is 9.46. The molecule has 0 saturated carbocycles. The van der Waals surface area contributed by atoms with Crippen LogP contribution in [0, 0.1) is 11.6 Å². The van der Waals surface area contributed by atoms with E-state index in [1.165, 1.54) is 0 Å². The summed E-state index contributed by atoms with van der Waals surface area (Å²) in [5.74, 6) is -2.13. The number of nitrogens with one attached hydrogen (secondary N) is 1. The highest BCUT2D eigenvalue weighted by molar-refractivity contribution is 5.94. The molecule has 1 aliphatic heterocycles. The van der Waals surface area contributed by atoms with Crippen LogP contribution in [0.25, 0.3) is 0 Å². The maximum atomic E-state index is 13.5. The predicted molar refractivity (Wildman–Crippen MR) is 91.2 cm³/mol. The number of hydrogen-bond acceptors (Lipinski definition) is 3. The van der Waals surface area contributed by atoms with Gasteiger partial charge in [-0.1, -0.05) is 6.92 Å². The average molecular weight is 353 g/mol. The number of hydrogen-bond donors (Lipinski definition) is 1. The third kappa shape index (κ3) is 5.77. The lowest BCUT2D eigenvalue weighted by molar-refractivity contribution is -0.133. The lowest BCUT2D eigenvalue weighted by Gasteiger charge is -2.34.